The van der Waals surface area contributed by atoms with E-state index in [0.717, 1.165) is 30.0 Å². The average molecular weight is 390 g/mol. The van der Waals surface area contributed by atoms with Gasteiger partial charge in [-0.2, -0.15) is 0 Å². The highest BCUT2D eigenvalue weighted by Gasteiger charge is 2.21. The number of hydrogen-bond acceptors (Lipinski definition) is 5. The van der Waals surface area contributed by atoms with Crippen LogP contribution in [0.1, 0.15) is 17.2 Å². The summed E-state index contributed by atoms with van der Waals surface area (Å²) in [5.74, 6) is -0.271. The Bertz CT molecular complexity index is 1130. The second kappa shape index (κ2) is 7.97. The van der Waals surface area contributed by atoms with Gasteiger partial charge >= 0.3 is 0 Å². The molecule has 0 fully saturated rings. The van der Waals surface area contributed by atoms with Crippen LogP contribution in [0.25, 0.3) is 17.0 Å². The molecule has 148 valence electrons. The van der Waals surface area contributed by atoms with Crippen molar-refractivity contribution in [3.8, 4) is 11.4 Å². The molecule has 0 spiro atoms. The van der Waals surface area contributed by atoms with E-state index in [2.05, 4.69) is 41.1 Å². The largest absolute Gasteiger partial charge is 0.368 e. The van der Waals surface area contributed by atoms with Crippen LogP contribution in [0.5, 0.6) is 0 Å². The number of nitrogens with zero attached hydrogens (tertiary/aromatic N) is 5. The van der Waals surface area contributed by atoms with Crippen LogP contribution in [0, 0.1) is 0 Å². The minimum absolute atomic E-state index is 0.184. The highest BCUT2D eigenvalue weighted by molar-refractivity contribution is 5.67. The van der Waals surface area contributed by atoms with E-state index in [4.69, 9.17) is 10.7 Å². The Morgan fingerprint density at radius 2 is 2.07 bits per heavy atom. The van der Waals surface area contributed by atoms with Crippen molar-refractivity contribution in [1.82, 2.24) is 24.3 Å². The summed E-state index contributed by atoms with van der Waals surface area (Å²) in [5.41, 5.74) is 10.2. The van der Waals surface area contributed by atoms with E-state index in [1.54, 1.807) is 18.3 Å². The number of halogens is 1. The smallest absolute Gasteiger partial charge is 0.220 e. The molecule has 0 aliphatic heterocycles. The number of nitrogen functional groups attached to an aromatic ring is 1. The lowest BCUT2D eigenvalue weighted by molar-refractivity contribution is 0.413. The fourth-order valence-corrected chi connectivity index (χ4v) is 3.37. The topological polar surface area (TPSA) is 72.3 Å². The van der Waals surface area contributed by atoms with Gasteiger partial charge < -0.3 is 10.6 Å². The number of nitrogens with two attached hydrogens (primary N) is 1. The minimum atomic E-state index is -0.286. The second-order valence-electron chi connectivity index (χ2n) is 7.28. The van der Waals surface area contributed by atoms with Gasteiger partial charge in [0.05, 0.1) is 17.1 Å². The highest BCUT2D eigenvalue weighted by Crippen LogP contribution is 2.32. The maximum absolute atomic E-state index is 13.7. The molecule has 0 radical (unpaired) electrons. The van der Waals surface area contributed by atoms with Gasteiger partial charge in [-0.15, -0.1) is 0 Å². The third kappa shape index (κ3) is 4.09. The first-order valence-electron chi connectivity index (χ1n) is 9.48. The van der Waals surface area contributed by atoms with Gasteiger partial charge in [0.25, 0.3) is 0 Å². The van der Waals surface area contributed by atoms with Crippen LogP contribution in [0.3, 0.4) is 0 Å². The van der Waals surface area contributed by atoms with E-state index in [0.29, 0.717) is 5.69 Å². The fourth-order valence-electron chi connectivity index (χ4n) is 3.37. The van der Waals surface area contributed by atoms with Crippen LogP contribution < -0.4 is 5.73 Å². The standard InChI is InChI=1S/C22H23FN6/c1-28(2)12-9-15-10-13-29-19(14-15)27-20(16-4-3-5-17(23)7-6-16)21(29)18-8-11-25-22(24)26-18/h3-8,10-11,13-14,16H,9,12H2,1-2H3,(H2,24,25,26). The number of fused-ring (bicyclic) bond motifs is 1. The molecule has 0 amide bonds. The number of aromatic nitrogens is 4. The second-order valence-corrected chi connectivity index (χ2v) is 7.28. The van der Waals surface area contributed by atoms with Gasteiger partial charge in [0.1, 0.15) is 11.5 Å². The molecule has 1 aliphatic carbocycles. The van der Waals surface area contributed by atoms with Crippen LogP contribution in [-0.2, 0) is 6.42 Å². The van der Waals surface area contributed by atoms with Crippen molar-refractivity contribution in [2.45, 2.75) is 12.3 Å². The van der Waals surface area contributed by atoms with Gasteiger partial charge in [-0.1, -0.05) is 18.2 Å². The zero-order valence-electron chi connectivity index (χ0n) is 16.5. The van der Waals surface area contributed by atoms with Gasteiger partial charge in [0.15, 0.2) is 0 Å². The van der Waals surface area contributed by atoms with Gasteiger partial charge in [-0.05, 0) is 56.4 Å². The predicted octanol–water partition coefficient (Wildman–Crippen LogP) is 3.54. The number of likely N-dealkylation sites (N-methyl/N-ethyl adjacent to an activating group) is 1. The summed E-state index contributed by atoms with van der Waals surface area (Å²) < 4.78 is 15.7. The Labute approximate surface area is 168 Å². The average Bonchev–Trinajstić information content (AvgIpc) is 2.93. The van der Waals surface area contributed by atoms with Crippen LogP contribution in [0.15, 0.2) is 66.8 Å². The van der Waals surface area contributed by atoms with E-state index >= 15 is 0 Å². The third-order valence-electron chi connectivity index (χ3n) is 4.83. The molecule has 3 aromatic heterocycles. The van der Waals surface area contributed by atoms with Gasteiger partial charge in [0.2, 0.25) is 5.95 Å². The summed E-state index contributed by atoms with van der Waals surface area (Å²) in [4.78, 5) is 15.5. The van der Waals surface area contributed by atoms with Crippen LogP contribution >= 0.6 is 0 Å². The van der Waals surface area contributed by atoms with E-state index < -0.39 is 0 Å². The molecule has 3 heterocycles. The summed E-state index contributed by atoms with van der Waals surface area (Å²) in [7, 11) is 4.11. The normalized spacial score (nSPS) is 16.4. The summed E-state index contributed by atoms with van der Waals surface area (Å²) in [6.07, 6.45) is 12.9. The number of anilines is 1. The maximum atomic E-state index is 13.7. The zero-order valence-corrected chi connectivity index (χ0v) is 16.5. The van der Waals surface area contributed by atoms with Gasteiger partial charge in [0, 0.05) is 24.9 Å². The van der Waals surface area contributed by atoms with Crippen molar-refractivity contribution in [1.29, 1.82) is 0 Å². The first-order valence-corrected chi connectivity index (χ1v) is 9.48. The Balaban J connectivity index is 1.86. The van der Waals surface area contributed by atoms with E-state index in [9.17, 15) is 4.39 Å². The molecule has 3 aromatic rings. The van der Waals surface area contributed by atoms with E-state index in [-0.39, 0.29) is 17.7 Å². The van der Waals surface area contributed by atoms with Gasteiger partial charge in [-0.25, -0.2) is 19.3 Å². The molecule has 1 atom stereocenters. The number of imidazole rings is 1. The molecule has 0 saturated heterocycles. The van der Waals surface area contributed by atoms with Crippen LogP contribution in [0.4, 0.5) is 10.3 Å². The fraction of sp³-hybridized carbons (Fsp3) is 0.227. The van der Waals surface area contributed by atoms with Crippen LogP contribution in [0.2, 0.25) is 0 Å². The monoisotopic (exact) mass is 390 g/mol. The summed E-state index contributed by atoms with van der Waals surface area (Å²) in [5, 5.41) is 0. The third-order valence-corrected chi connectivity index (χ3v) is 4.83. The molecule has 0 saturated carbocycles. The predicted molar refractivity (Wildman–Crippen MR) is 113 cm³/mol. The molecule has 4 rings (SSSR count). The molecule has 29 heavy (non-hydrogen) atoms. The number of allylic oxidation sites excluding steroid dienone is 6. The quantitative estimate of drug-likeness (QED) is 0.721. The molecule has 0 aromatic carbocycles. The molecule has 1 unspecified atom stereocenters. The Morgan fingerprint density at radius 3 is 2.86 bits per heavy atom. The Morgan fingerprint density at radius 1 is 1.21 bits per heavy atom. The molecule has 0 bridgehead atoms. The molecule has 1 aliphatic rings. The molecule has 7 heteroatoms. The number of hydrogen-bond donors (Lipinski definition) is 1. The van der Waals surface area contributed by atoms with Crippen molar-refractivity contribution in [2.75, 3.05) is 26.4 Å². The summed E-state index contributed by atoms with van der Waals surface area (Å²) >= 11 is 0. The van der Waals surface area contributed by atoms with Crippen molar-refractivity contribution >= 4 is 11.6 Å². The first kappa shape index (κ1) is 19.0. The van der Waals surface area contributed by atoms with Crippen molar-refractivity contribution in [2.24, 2.45) is 0 Å². The molecule has 6 nitrogen and oxygen atoms in total. The summed E-state index contributed by atoms with van der Waals surface area (Å²) in [6.45, 7) is 0.956. The Kier molecular flexibility index (Phi) is 5.22. The van der Waals surface area contributed by atoms with Crippen molar-refractivity contribution < 1.29 is 4.39 Å². The molecular formula is C22H23FN6. The van der Waals surface area contributed by atoms with Crippen LogP contribution in [-0.4, -0.2) is 44.9 Å². The number of rotatable bonds is 5. The molecule has 2 N–H and O–H groups in total. The van der Waals surface area contributed by atoms with Crippen molar-refractivity contribution in [3.05, 3.63) is 78.1 Å². The van der Waals surface area contributed by atoms with Gasteiger partial charge in [-0.3, -0.25) is 4.40 Å². The number of pyridine rings is 1. The lowest BCUT2D eigenvalue weighted by Gasteiger charge is -2.10. The van der Waals surface area contributed by atoms with E-state index in [1.165, 1.54) is 17.7 Å². The minimum Gasteiger partial charge on any atom is -0.368 e. The maximum Gasteiger partial charge on any atom is 0.220 e. The molecular weight excluding hydrogens is 367 g/mol. The summed E-state index contributed by atoms with van der Waals surface area (Å²) in [6, 6.07) is 5.99. The highest BCUT2D eigenvalue weighted by atomic mass is 19.1. The van der Waals surface area contributed by atoms with E-state index in [1.807, 2.05) is 22.7 Å². The van der Waals surface area contributed by atoms with Crippen molar-refractivity contribution in [3.63, 3.8) is 0 Å². The zero-order chi connectivity index (χ0) is 20.4. The lowest BCUT2D eigenvalue weighted by atomic mass is 10.0. The SMILES string of the molecule is CN(C)CCc1ccn2c(-c3ccnc(N)n3)c(C3C=CC=C(F)C=C3)nc2c1. The first-order chi connectivity index (χ1) is 14.0. The lowest BCUT2D eigenvalue weighted by Crippen LogP contribution is -2.15. The Hall–Kier alpha value is -3.32.